The third-order valence-corrected chi connectivity index (χ3v) is 4.24. The van der Waals surface area contributed by atoms with Crippen LogP contribution in [0.1, 0.15) is 34.1 Å². The SMILES string of the molecule is CC(CC(=O)Nc1nn(C)cc1S(N)(=O)=O)C(C)(C)C. The molecule has 1 rings (SSSR count). The van der Waals surface area contributed by atoms with Crippen LogP contribution in [0.25, 0.3) is 0 Å². The maximum Gasteiger partial charge on any atom is 0.243 e. The first-order valence-electron chi connectivity index (χ1n) is 6.27. The van der Waals surface area contributed by atoms with Crippen molar-refractivity contribution in [2.45, 2.75) is 39.0 Å². The molecular formula is C12H22N4O3S. The summed E-state index contributed by atoms with van der Waals surface area (Å²) in [5.74, 6) is -0.165. The molecule has 0 fully saturated rings. The maximum absolute atomic E-state index is 12.0. The Balaban J connectivity index is 2.87. The number of aryl methyl sites for hydroxylation is 1. The molecule has 3 N–H and O–H groups in total. The van der Waals surface area contributed by atoms with E-state index in [-0.39, 0.29) is 34.4 Å². The molecule has 1 unspecified atom stereocenters. The molecule has 1 aromatic rings. The number of rotatable bonds is 4. The van der Waals surface area contributed by atoms with Crippen molar-refractivity contribution in [1.29, 1.82) is 0 Å². The number of amides is 1. The molecule has 0 aliphatic heterocycles. The van der Waals surface area contributed by atoms with Crippen LogP contribution in [-0.4, -0.2) is 24.1 Å². The molecule has 0 bridgehead atoms. The average Bonchev–Trinajstić information content (AvgIpc) is 2.57. The molecular weight excluding hydrogens is 280 g/mol. The summed E-state index contributed by atoms with van der Waals surface area (Å²) in [7, 11) is -2.36. The van der Waals surface area contributed by atoms with Crippen LogP contribution in [-0.2, 0) is 21.9 Å². The monoisotopic (exact) mass is 302 g/mol. The van der Waals surface area contributed by atoms with Gasteiger partial charge in [-0.1, -0.05) is 27.7 Å². The van der Waals surface area contributed by atoms with Crippen molar-refractivity contribution >= 4 is 21.7 Å². The van der Waals surface area contributed by atoms with Gasteiger partial charge < -0.3 is 5.32 Å². The predicted octanol–water partition coefficient (Wildman–Crippen LogP) is 1.08. The smallest absolute Gasteiger partial charge is 0.243 e. The topological polar surface area (TPSA) is 107 Å². The number of sulfonamides is 1. The van der Waals surface area contributed by atoms with Crippen LogP contribution >= 0.6 is 0 Å². The Morgan fingerprint density at radius 1 is 1.50 bits per heavy atom. The maximum atomic E-state index is 12.0. The summed E-state index contributed by atoms with van der Waals surface area (Å²) in [6.45, 7) is 8.10. The lowest BCUT2D eigenvalue weighted by Crippen LogP contribution is -2.25. The van der Waals surface area contributed by atoms with Crippen LogP contribution in [0.15, 0.2) is 11.1 Å². The van der Waals surface area contributed by atoms with E-state index >= 15 is 0 Å². The summed E-state index contributed by atoms with van der Waals surface area (Å²) in [5, 5.41) is 11.5. The molecule has 0 saturated carbocycles. The molecule has 0 aromatic carbocycles. The molecule has 114 valence electrons. The Kier molecular flexibility index (Phi) is 4.60. The van der Waals surface area contributed by atoms with E-state index in [0.29, 0.717) is 0 Å². The van der Waals surface area contributed by atoms with E-state index in [1.165, 1.54) is 10.9 Å². The minimum Gasteiger partial charge on any atom is -0.308 e. The van der Waals surface area contributed by atoms with Gasteiger partial charge in [0.05, 0.1) is 0 Å². The van der Waals surface area contributed by atoms with Gasteiger partial charge >= 0.3 is 0 Å². The number of aromatic nitrogens is 2. The molecule has 1 amide bonds. The van der Waals surface area contributed by atoms with E-state index in [1.807, 2.05) is 27.7 Å². The van der Waals surface area contributed by atoms with Crippen LogP contribution < -0.4 is 10.5 Å². The molecule has 0 aliphatic carbocycles. The Bertz CT molecular complexity index is 599. The molecule has 8 heteroatoms. The van der Waals surface area contributed by atoms with Crippen LogP contribution in [0.2, 0.25) is 0 Å². The zero-order valence-corrected chi connectivity index (χ0v) is 13.3. The first-order chi connectivity index (χ1) is 8.91. The third-order valence-electron chi connectivity index (χ3n) is 3.33. The van der Waals surface area contributed by atoms with Crippen LogP contribution in [0, 0.1) is 11.3 Å². The summed E-state index contributed by atoms with van der Waals surface area (Å²) in [4.78, 5) is 11.8. The lowest BCUT2D eigenvalue weighted by Gasteiger charge is -2.26. The molecule has 0 spiro atoms. The molecule has 20 heavy (non-hydrogen) atoms. The fourth-order valence-electron chi connectivity index (χ4n) is 1.53. The number of nitrogens with two attached hydrogens (primary N) is 1. The van der Waals surface area contributed by atoms with Crippen molar-refractivity contribution in [1.82, 2.24) is 9.78 Å². The van der Waals surface area contributed by atoms with Gasteiger partial charge in [0, 0.05) is 19.7 Å². The summed E-state index contributed by atoms with van der Waals surface area (Å²) in [6, 6.07) is 0. The van der Waals surface area contributed by atoms with E-state index in [1.54, 1.807) is 7.05 Å². The minimum atomic E-state index is -3.91. The second-order valence-corrected chi connectivity index (χ2v) is 7.61. The first kappa shape index (κ1) is 16.6. The highest BCUT2D eigenvalue weighted by Crippen LogP contribution is 2.28. The highest BCUT2D eigenvalue weighted by Gasteiger charge is 2.25. The van der Waals surface area contributed by atoms with Gasteiger partial charge in [0.15, 0.2) is 5.82 Å². The standard InChI is InChI=1S/C12H22N4O3S/c1-8(12(2,3)4)6-10(17)14-11-9(20(13,18)19)7-16(5)15-11/h7-8H,6H2,1-5H3,(H2,13,18,19)(H,14,15,17). The molecule has 7 nitrogen and oxygen atoms in total. The number of hydrogen-bond donors (Lipinski definition) is 2. The average molecular weight is 302 g/mol. The number of primary sulfonamides is 1. The van der Waals surface area contributed by atoms with Gasteiger partial charge in [0.1, 0.15) is 4.90 Å². The van der Waals surface area contributed by atoms with E-state index in [9.17, 15) is 13.2 Å². The fraction of sp³-hybridized carbons (Fsp3) is 0.667. The number of nitrogens with one attached hydrogen (secondary N) is 1. The Morgan fingerprint density at radius 3 is 2.50 bits per heavy atom. The minimum absolute atomic E-state index is 0.00969. The van der Waals surface area contributed by atoms with E-state index < -0.39 is 10.0 Å². The molecule has 1 heterocycles. The van der Waals surface area contributed by atoms with Crippen LogP contribution in [0.4, 0.5) is 5.82 Å². The van der Waals surface area contributed by atoms with E-state index in [4.69, 9.17) is 5.14 Å². The lowest BCUT2D eigenvalue weighted by atomic mass is 9.80. The first-order valence-corrected chi connectivity index (χ1v) is 7.82. The largest absolute Gasteiger partial charge is 0.308 e. The Hall–Kier alpha value is -1.41. The molecule has 0 aliphatic rings. The van der Waals surface area contributed by atoms with Gasteiger partial charge in [-0.15, -0.1) is 0 Å². The van der Waals surface area contributed by atoms with Gasteiger partial charge in [-0.3, -0.25) is 9.48 Å². The molecule has 0 radical (unpaired) electrons. The summed E-state index contributed by atoms with van der Waals surface area (Å²) in [5.41, 5.74) is -0.00969. The van der Waals surface area contributed by atoms with Gasteiger partial charge in [-0.2, -0.15) is 5.10 Å². The number of anilines is 1. The van der Waals surface area contributed by atoms with Gasteiger partial charge in [0.2, 0.25) is 15.9 Å². The summed E-state index contributed by atoms with van der Waals surface area (Å²) in [6.07, 6.45) is 1.54. The van der Waals surface area contributed by atoms with Crippen molar-refractivity contribution in [2.75, 3.05) is 5.32 Å². The zero-order valence-electron chi connectivity index (χ0n) is 12.5. The van der Waals surface area contributed by atoms with Gasteiger partial charge in [-0.05, 0) is 11.3 Å². The fourth-order valence-corrected chi connectivity index (χ4v) is 2.19. The van der Waals surface area contributed by atoms with Crippen molar-refractivity contribution in [3.63, 3.8) is 0 Å². The number of hydrogen-bond acceptors (Lipinski definition) is 4. The van der Waals surface area contributed by atoms with Gasteiger partial charge in [0.25, 0.3) is 0 Å². The molecule has 0 saturated heterocycles. The van der Waals surface area contributed by atoms with Crippen molar-refractivity contribution in [3.05, 3.63) is 6.20 Å². The van der Waals surface area contributed by atoms with Crippen molar-refractivity contribution in [2.24, 2.45) is 23.5 Å². The van der Waals surface area contributed by atoms with E-state index in [0.717, 1.165) is 0 Å². The number of carbonyl (C=O) groups is 1. The number of nitrogens with zero attached hydrogens (tertiary/aromatic N) is 2. The lowest BCUT2D eigenvalue weighted by molar-refractivity contribution is -0.117. The van der Waals surface area contributed by atoms with E-state index in [2.05, 4.69) is 10.4 Å². The highest BCUT2D eigenvalue weighted by atomic mass is 32.2. The van der Waals surface area contributed by atoms with Crippen LogP contribution in [0.3, 0.4) is 0 Å². The zero-order chi connectivity index (χ0) is 15.7. The Morgan fingerprint density at radius 2 is 2.05 bits per heavy atom. The second kappa shape index (κ2) is 5.53. The van der Waals surface area contributed by atoms with Crippen molar-refractivity contribution in [3.8, 4) is 0 Å². The normalized spacial score (nSPS) is 14.1. The molecule has 1 atom stereocenters. The second-order valence-electron chi connectivity index (χ2n) is 6.08. The third kappa shape index (κ3) is 4.31. The van der Waals surface area contributed by atoms with Crippen molar-refractivity contribution < 1.29 is 13.2 Å². The number of carbonyl (C=O) groups excluding carboxylic acids is 1. The summed E-state index contributed by atoms with van der Waals surface area (Å²) < 4.78 is 24.1. The quantitative estimate of drug-likeness (QED) is 0.867. The highest BCUT2D eigenvalue weighted by molar-refractivity contribution is 7.89. The summed E-state index contributed by atoms with van der Waals surface area (Å²) >= 11 is 0. The van der Waals surface area contributed by atoms with Gasteiger partial charge in [-0.25, -0.2) is 13.6 Å². The van der Waals surface area contributed by atoms with Crippen LogP contribution in [0.5, 0.6) is 0 Å². The Labute approximate surface area is 119 Å². The molecule has 1 aromatic heterocycles. The predicted molar refractivity (Wildman–Crippen MR) is 76.4 cm³/mol.